The fourth-order valence-corrected chi connectivity index (χ4v) is 2.44. The quantitative estimate of drug-likeness (QED) is 0.793. The van der Waals surface area contributed by atoms with Crippen LogP contribution in [0.5, 0.6) is 0 Å². The highest BCUT2D eigenvalue weighted by Crippen LogP contribution is 2.21. The summed E-state index contributed by atoms with van der Waals surface area (Å²) in [5.74, 6) is 0. The molecule has 1 atom stereocenters. The molecular weight excluding hydrogens is 198 g/mol. The summed E-state index contributed by atoms with van der Waals surface area (Å²) in [4.78, 5) is 0. The van der Waals surface area contributed by atoms with Gasteiger partial charge in [0.15, 0.2) is 0 Å². The fourth-order valence-electron chi connectivity index (χ4n) is 2.44. The number of aliphatic hydroxyl groups excluding tert-OH is 1. The van der Waals surface area contributed by atoms with E-state index in [-0.39, 0.29) is 6.10 Å². The van der Waals surface area contributed by atoms with Gasteiger partial charge in [0.1, 0.15) is 0 Å². The van der Waals surface area contributed by atoms with E-state index in [4.69, 9.17) is 0 Å². The largest absolute Gasteiger partial charge is 0.392 e. The normalized spacial score (nSPS) is 17.4. The van der Waals surface area contributed by atoms with Crippen LogP contribution in [-0.4, -0.2) is 23.8 Å². The Bertz CT molecular complexity index is 312. The number of benzene rings is 1. The molecule has 16 heavy (non-hydrogen) atoms. The van der Waals surface area contributed by atoms with Crippen molar-refractivity contribution in [1.29, 1.82) is 0 Å². The monoisotopic (exact) mass is 219 g/mol. The molecule has 2 rings (SSSR count). The van der Waals surface area contributed by atoms with Gasteiger partial charge < -0.3 is 10.4 Å². The maximum atomic E-state index is 9.66. The van der Waals surface area contributed by atoms with Crippen LogP contribution in [0.25, 0.3) is 0 Å². The van der Waals surface area contributed by atoms with E-state index in [1.165, 1.54) is 11.1 Å². The molecule has 2 N–H and O–H groups in total. The highest BCUT2D eigenvalue weighted by Gasteiger charge is 2.20. The molecule has 1 aliphatic carbocycles. The first-order valence-electron chi connectivity index (χ1n) is 6.27. The molecule has 88 valence electrons. The van der Waals surface area contributed by atoms with Gasteiger partial charge in [0.05, 0.1) is 6.10 Å². The van der Waals surface area contributed by atoms with Gasteiger partial charge in [-0.05, 0) is 30.4 Å². The van der Waals surface area contributed by atoms with Crippen molar-refractivity contribution in [1.82, 2.24) is 5.32 Å². The van der Waals surface area contributed by atoms with Crippen molar-refractivity contribution in [2.75, 3.05) is 6.54 Å². The molecule has 1 aliphatic rings. The molecule has 1 unspecified atom stereocenters. The molecule has 0 fully saturated rings. The van der Waals surface area contributed by atoms with Crippen molar-refractivity contribution in [3.63, 3.8) is 0 Å². The molecule has 0 spiro atoms. The van der Waals surface area contributed by atoms with Crippen LogP contribution in [0.2, 0.25) is 0 Å². The van der Waals surface area contributed by atoms with E-state index >= 15 is 0 Å². The zero-order valence-electron chi connectivity index (χ0n) is 9.95. The summed E-state index contributed by atoms with van der Waals surface area (Å²) in [6, 6.07) is 9.14. The molecule has 0 saturated heterocycles. The zero-order chi connectivity index (χ0) is 11.4. The SMILES string of the molecule is CCCC(O)CNC1Cc2ccccc2C1. The van der Waals surface area contributed by atoms with E-state index < -0.39 is 0 Å². The average Bonchev–Trinajstić information content (AvgIpc) is 2.69. The van der Waals surface area contributed by atoms with Gasteiger partial charge >= 0.3 is 0 Å². The number of rotatable bonds is 5. The Balaban J connectivity index is 1.79. The Kier molecular flexibility index (Phi) is 3.97. The van der Waals surface area contributed by atoms with E-state index in [2.05, 4.69) is 36.5 Å². The minimum Gasteiger partial charge on any atom is -0.392 e. The summed E-state index contributed by atoms with van der Waals surface area (Å²) < 4.78 is 0. The summed E-state index contributed by atoms with van der Waals surface area (Å²) in [7, 11) is 0. The molecule has 0 bridgehead atoms. The second kappa shape index (κ2) is 5.46. The Morgan fingerprint density at radius 2 is 1.94 bits per heavy atom. The third-order valence-electron chi connectivity index (χ3n) is 3.32. The molecule has 1 aromatic carbocycles. The standard InChI is InChI=1S/C14H21NO/c1-2-5-14(16)10-15-13-8-11-6-3-4-7-12(11)9-13/h3-4,6-7,13-16H,2,5,8-10H2,1H3. The Labute approximate surface area is 97.7 Å². The average molecular weight is 219 g/mol. The maximum Gasteiger partial charge on any atom is 0.0664 e. The molecule has 1 aromatic rings. The first-order chi connectivity index (χ1) is 7.79. The molecule has 0 aromatic heterocycles. The van der Waals surface area contributed by atoms with Crippen LogP contribution in [-0.2, 0) is 12.8 Å². The minimum absolute atomic E-state index is 0.186. The molecule has 2 heteroatoms. The number of nitrogens with one attached hydrogen (secondary N) is 1. The van der Waals surface area contributed by atoms with Crippen LogP contribution in [0, 0.1) is 0 Å². The lowest BCUT2D eigenvalue weighted by Gasteiger charge is -2.15. The lowest BCUT2D eigenvalue weighted by Crippen LogP contribution is -2.36. The molecule has 0 heterocycles. The number of hydrogen-bond acceptors (Lipinski definition) is 2. The Morgan fingerprint density at radius 1 is 1.31 bits per heavy atom. The van der Waals surface area contributed by atoms with Crippen molar-refractivity contribution in [2.24, 2.45) is 0 Å². The van der Waals surface area contributed by atoms with E-state index in [1.54, 1.807) is 0 Å². The van der Waals surface area contributed by atoms with Crippen molar-refractivity contribution in [3.8, 4) is 0 Å². The van der Waals surface area contributed by atoms with Crippen LogP contribution in [0.4, 0.5) is 0 Å². The first kappa shape index (κ1) is 11.6. The summed E-state index contributed by atoms with van der Waals surface area (Å²) in [5.41, 5.74) is 2.93. The molecule has 0 aliphatic heterocycles. The molecule has 0 saturated carbocycles. The van der Waals surface area contributed by atoms with E-state index in [9.17, 15) is 5.11 Å². The molecular formula is C14H21NO. The highest BCUT2D eigenvalue weighted by molar-refractivity contribution is 5.33. The van der Waals surface area contributed by atoms with Crippen molar-refractivity contribution in [2.45, 2.75) is 44.8 Å². The van der Waals surface area contributed by atoms with E-state index in [0.29, 0.717) is 6.04 Å². The Hall–Kier alpha value is -0.860. The summed E-state index contributed by atoms with van der Waals surface area (Å²) in [6.07, 6.45) is 3.97. The van der Waals surface area contributed by atoms with Gasteiger partial charge in [0.25, 0.3) is 0 Å². The summed E-state index contributed by atoms with van der Waals surface area (Å²) in [6.45, 7) is 2.83. The topological polar surface area (TPSA) is 32.3 Å². The molecule has 0 radical (unpaired) electrons. The third kappa shape index (κ3) is 2.83. The molecule has 0 amide bonds. The number of hydrogen-bond donors (Lipinski definition) is 2. The maximum absolute atomic E-state index is 9.66. The van der Waals surface area contributed by atoms with Crippen molar-refractivity contribution in [3.05, 3.63) is 35.4 Å². The van der Waals surface area contributed by atoms with Gasteiger partial charge in [0, 0.05) is 12.6 Å². The predicted octanol–water partition coefficient (Wildman–Crippen LogP) is 1.90. The van der Waals surface area contributed by atoms with Crippen molar-refractivity contribution >= 4 is 0 Å². The van der Waals surface area contributed by atoms with Gasteiger partial charge in [-0.1, -0.05) is 37.6 Å². The fraction of sp³-hybridized carbons (Fsp3) is 0.571. The van der Waals surface area contributed by atoms with Gasteiger partial charge in [-0.3, -0.25) is 0 Å². The summed E-state index contributed by atoms with van der Waals surface area (Å²) >= 11 is 0. The van der Waals surface area contributed by atoms with Crippen LogP contribution in [0.1, 0.15) is 30.9 Å². The van der Waals surface area contributed by atoms with Gasteiger partial charge in [-0.2, -0.15) is 0 Å². The second-order valence-corrected chi connectivity index (χ2v) is 4.72. The highest BCUT2D eigenvalue weighted by atomic mass is 16.3. The Morgan fingerprint density at radius 3 is 2.50 bits per heavy atom. The van der Waals surface area contributed by atoms with E-state index in [0.717, 1.165) is 32.2 Å². The van der Waals surface area contributed by atoms with Gasteiger partial charge in [-0.25, -0.2) is 0 Å². The predicted molar refractivity (Wildman–Crippen MR) is 66.6 cm³/mol. The smallest absolute Gasteiger partial charge is 0.0664 e. The lowest BCUT2D eigenvalue weighted by atomic mass is 10.1. The van der Waals surface area contributed by atoms with Crippen LogP contribution in [0.15, 0.2) is 24.3 Å². The van der Waals surface area contributed by atoms with Crippen molar-refractivity contribution < 1.29 is 5.11 Å². The van der Waals surface area contributed by atoms with Gasteiger partial charge in [-0.15, -0.1) is 0 Å². The number of aliphatic hydroxyl groups is 1. The lowest BCUT2D eigenvalue weighted by molar-refractivity contribution is 0.156. The zero-order valence-corrected chi connectivity index (χ0v) is 9.95. The number of fused-ring (bicyclic) bond motifs is 1. The van der Waals surface area contributed by atoms with Crippen LogP contribution < -0.4 is 5.32 Å². The van der Waals surface area contributed by atoms with Crippen LogP contribution >= 0.6 is 0 Å². The summed E-state index contributed by atoms with van der Waals surface area (Å²) in [5, 5.41) is 13.1. The minimum atomic E-state index is -0.186. The second-order valence-electron chi connectivity index (χ2n) is 4.72. The van der Waals surface area contributed by atoms with Gasteiger partial charge in [0.2, 0.25) is 0 Å². The van der Waals surface area contributed by atoms with Crippen LogP contribution in [0.3, 0.4) is 0 Å². The van der Waals surface area contributed by atoms with E-state index in [1.807, 2.05) is 0 Å². The third-order valence-corrected chi connectivity index (χ3v) is 3.32. The molecule has 2 nitrogen and oxygen atoms in total. The first-order valence-corrected chi connectivity index (χ1v) is 6.27.